The molecule has 0 N–H and O–H groups in total. The van der Waals surface area contributed by atoms with Crippen molar-refractivity contribution in [1.82, 2.24) is 5.06 Å². The van der Waals surface area contributed by atoms with Gasteiger partial charge >= 0.3 is 0 Å². The molecule has 0 saturated carbocycles. The van der Waals surface area contributed by atoms with Gasteiger partial charge in [0, 0.05) is 25.2 Å². The van der Waals surface area contributed by atoms with E-state index in [1.807, 2.05) is 18.2 Å². The molecule has 1 saturated heterocycles. The molecule has 0 aromatic rings. The summed E-state index contributed by atoms with van der Waals surface area (Å²) >= 11 is 0. The summed E-state index contributed by atoms with van der Waals surface area (Å²) in [4.78, 5) is 10.0. The zero-order valence-electron chi connectivity index (χ0n) is 8.40. The van der Waals surface area contributed by atoms with Crippen LogP contribution in [0.25, 0.3) is 0 Å². The molecule has 1 fully saturated rings. The van der Waals surface area contributed by atoms with E-state index in [-0.39, 0.29) is 0 Å². The fourth-order valence-electron chi connectivity index (χ4n) is 1.41. The lowest BCUT2D eigenvalue weighted by atomic mass is 10.00. The van der Waals surface area contributed by atoms with Crippen LogP contribution in [0.4, 0.5) is 0 Å². The number of oxime groups is 1. The number of hydroxylamine groups is 2. The van der Waals surface area contributed by atoms with Gasteiger partial charge in [-0.1, -0.05) is 5.16 Å². The van der Waals surface area contributed by atoms with Crippen LogP contribution in [0.2, 0.25) is 0 Å². The minimum Gasteiger partial charge on any atom is -0.396 e. The van der Waals surface area contributed by atoms with Crippen molar-refractivity contribution in [3.05, 3.63) is 0 Å². The third-order valence-corrected chi connectivity index (χ3v) is 2.23. The molecule has 1 aliphatic rings. The van der Waals surface area contributed by atoms with Crippen LogP contribution in [0, 0.1) is 5.92 Å². The number of piperidine rings is 1. The molecule has 0 spiro atoms. The molecule has 0 aliphatic carbocycles. The second kappa shape index (κ2) is 5.94. The van der Waals surface area contributed by atoms with Crippen molar-refractivity contribution in [1.29, 1.82) is 0 Å². The summed E-state index contributed by atoms with van der Waals surface area (Å²) in [5, 5.41) is 5.86. The summed E-state index contributed by atoms with van der Waals surface area (Å²) in [7, 11) is 1.72. The van der Waals surface area contributed by atoms with Crippen molar-refractivity contribution >= 4 is 6.21 Å². The Morgan fingerprint density at radius 3 is 2.69 bits per heavy atom. The molecule has 0 aromatic carbocycles. The number of hydrogen-bond acceptors (Lipinski definition) is 4. The molecule has 0 atom stereocenters. The molecule has 1 rings (SSSR count). The molecule has 0 unspecified atom stereocenters. The first-order valence-corrected chi connectivity index (χ1v) is 4.81. The van der Waals surface area contributed by atoms with Crippen LogP contribution in [0.3, 0.4) is 0 Å². The van der Waals surface area contributed by atoms with Gasteiger partial charge in [0.15, 0.2) is 0 Å². The molecule has 1 heterocycles. The molecule has 76 valence electrons. The molecule has 0 bridgehead atoms. The van der Waals surface area contributed by atoms with E-state index in [1.165, 1.54) is 0 Å². The van der Waals surface area contributed by atoms with Crippen molar-refractivity contribution in [3.63, 3.8) is 0 Å². The van der Waals surface area contributed by atoms with Crippen LogP contribution in [-0.2, 0) is 9.68 Å². The highest BCUT2D eigenvalue weighted by atomic mass is 16.7. The molecule has 4 nitrogen and oxygen atoms in total. The summed E-state index contributed by atoms with van der Waals surface area (Å²) in [5.74, 6) is 0.554. The molecule has 4 heteroatoms. The van der Waals surface area contributed by atoms with Gasteiger partial charge < -0.3 is 9.68 Å². The summed E-state index contributed by atoms with van der Waals surface area (Å²) in [5.41, 5.74) is 0. The first kappa shape index (κ1) is 10.5. The fourth-order valence-corrected chi connectivity index (χ4v) is 1.41. The van der Waals surface area contributed by atoms with Crippen LogP contribution < -0.4 is 0 Å². The van der Waals surface area contributed by atoms with Crippen LogP contribution in [0.5, 0.6) is 0 Å². The lowest BCUT2D eigenvalue weighted by molar-refractivity contribution is -0.144. The smallest absolute Gasteiger partial charge is 0.114 e. The van der Waals surface area contributed by atoms with E-state index < -0.39 is 0 Å². The molecule has 13 heavy (non-hydrogen) atoms. The Morgan fingerprint density at radius 1 is 1.46 bits per heavy atom. The summed E-state index contributed by atoms with van der Waals surface area (Å²) in [6.45, 7) is 4.55. The third-order valence-electron chi connectivity index (χ3n) is 2.23. The topological polar surface area (TPSA) is 34.1 Å². The molecule has 1 aliphatic heterocycles. The second-order valence-electron chi connectivity index (χ2n) is 3.12. The Labute approximate surface area is 79.4 Å². The number of rotatable bonds is 4. The van der Waals surface area contributed by atoms with Crippen molar-refractivity contribution in [2.75, 3.05) is 26.8 Å². The predicted molar refractivity (Wildman–Crippen MR) is 51.4 cm³/mol. The Kier molecular flexibility index (Phi) is 4.78. The first-order valence-electron chi connectivity index (χ1n) is 4.81. The van der Waals surface area contributed by atoms with Crippen LogP contribution in [-0.4, -0.2) is 38.1 Å². The zero-order valence-corrected chi connectivity index (χ0v) is 8.40. The quantitative estimate of drug-likeness (QED) is 0.490. The van der Waals surface area contributed by atoms with E-state index in [0.717, 1.165) is 25.9 Å². The highest BCUT2D eigenvalue weighted by Crippen LogP contribution is 2.14. The largest absolute Gasteiger partial charge is 0.396 e. The van der Waals surface area contributed by atoms with Gasteiger partial charge in [0.2, 0.25) is 0 Å². The van der Waals surface area contributed by atoms with Gasteiger partial charge in [0.1, 0.15) is 6.61 Å². The van der Waals surface area contributed by atoms with Crippen LogP contribution in [0.1, 0.15) is 19.8 Å². The van der Waals surface area contributed by atoms with Crippen LogP contribution in [0.15, 0.2) is 5.16 Å². The van der Waals surface area contributed by atoms with Gasteiger partial charge in [-0.3, -0.25) is 0 Å². The number of hydrogen-bond donors (Lipinski definition) is 0. The van der Waals surface area contributed by atoms with Gasteiger partial charge in [-0.05, 0) is 19.8 Å². The third kappa shape index (κ3) is 3.74. The second-order valence-corrected chi connectivity index (χ2v) is 3.12. The van der Waals surface area contributed by atoms with Crippen LogP contribution >= 0.6 is 0 Å². The average Bonchev–Trinajstić information content (AvgIpc) is 2.19. The lowest BCUT2D eigenvalue weighted by Gasteiger charge is -2.27. The minimum atomic E-state index is 0.554. The molecule has 0 radical (unpaired) electrons. The Bertz CT molecular complexity index is 154. The molecule has 0 aromatic heterocycles. The SMILES string of the molecule is CCON=CC1CCN(OC)CC1. The van der Waals surface area contributed by atoms with E-state index in [2.05, 4.69) is 5.16 Å². The van der Waals surface area contributed by atoms with E-state index in [1.54, 1.807) is 7.11 Å². The van der Waals surface area contributed by atoms with E-state index in [0.29, 0.717) is 12.5 Å². The van der Waals surface area contributed by atoms with Gasteiger partial charge in [0.05, 0.1) is 7.11 Å². The van der Waals surface area contributed by atoms with Gasteiger partial charge in [-0.15, -0.1) is 0 Å². The summed E-state index contributed by atoms with van der Waals surface area (Å²) in [6, 6.07) is 0. The van der Waals surface area contributed by atoms with Crippen molar-refractivity contribution in [2.24, 2.45) is 11.1 Å². The highest BCUT2D eigenvalue weighted by Gasteiger charge is 2.17. The molecular formula is C9H18N2O2. The van der Waals surface area contributed by atoms with Gasteiger partial charge in [-0.2, -0.15) is 5.06 Å². The normalized spacial score (nSPS) is 21.1. The minimum absolute atomic E-state index is 0.554. The van der Waals surface area contributed by atoms with E-state index >= 15 is 0 Å². The Hall–Kier alpha value is -0.610. The first-order chi connectivity index (χ1) is 6.36. The maximum absolute atomic E-state index is 5.12. The average molecular weight is 186 g/mol. The van der Waals surface area contributed by atoms with Gasteiger partial charge in [0.25, 0.3) is 0 Å². The summed E-state index contributed by atoms with van der Waals surface area (Å²) in [6.07, 6.45) is 4.12. The molecular weight excluding hydrogens is 168 g/mol. The van der Waals surface area contributed by atoms with Crippen molar-refractivity contribution in [3.8, 4) is 0 Å². The summed E-state index contributed by atoms with van der Waals surface area (Å²) < 4.78 is 0. The zero-order chi connectivity index (χ0) is 9.52. The Morgan fingerprint density at radius 2 is 2.15 bits per heavy atom. The number of nitrogens with zero attached hydrogens (tertiary/aromatic N) is 2. The van der Waals surface area contributed by atoms with E-state index in [4.69, 9.17) is 9.68 Å². The van der Waals surface area contributed by atoms with E-state index in [9.17, 15) is 0 Å². The Balaban J connectivity index is 2.17. The fraction of sp³-hybridized carbons (Fsp3) is 0.889. The lowest BCUT2D eigenvalue weighted by Crippen LogP contribution is -2.33. The maximum Gasteiger partial charge on any atom is 0.114 e. The maximum atomic E-state index is 5.12. The molecule has 0 amide bonds. The van der Waals surface area contributed by atoms with Gasteiger partial charge in [-0.25, -0.2) is 0 Å². The predicted octanol–water partition coefficient (Wildman–Crippen LogP) is 1.28. The highest BCUT2D eigenvalue weighted by molar-refractivity contribution is 5.60. The van der Waals surface area contributed by atoms with Crippen molar-refractivity contribution in [2.45, 2.75) is 19.8 Å². The van der Waals surface area contributed by atoms with Crippen molar-refractivity contribution < 1.29 is 9.68 Å². The monoisotopic (exact) mass is 186 g/mol. The standard InChI is InChI=1S/C9H18N2O2/c1-3-13-10-8-9-4-6-11(12-2)7-5-9/h8-9H,3-7H2,1-2H3.